The van der Waals surface area contributed by atoms with Crippen molar-refractivity contribution in [3.8, 4) is 11.5 Å². The minimum Gasteiger partial charge on any atom is -0.493 e. The summed E-state index contributed by atoms with van der Waals surface area (Å²) in [7, 11) is 4.51. The summed E-state index contributed by atoms with van der Waals surface area (Å²) in [6, 6.07) is 13.0. The third-order valence-corrected chi connectivity index (χ3v) is 5.66. The Morgan fingerprint density at radius 1 is 0.967 bits per heavy atom. The number of hydrogen-bond acceptors (Lipinski definition) is 6. The van der Waals surface area contributed by atoms with E-state index in [2.05, 4.69) is 0 Å². The lowest BCUT2D eigenvalue weighted by Crippen LogP contribution is -2.46. The van der Waals surface area contributed by atoms with Gasteiger partial charge in [0.15, 0.2) is 11.5 Å². The number of fused-ring (bicyclic) bond motifs is 1. The molecule has 0 aliphatic carbocycles. The molecule has 30 heavy (non-hydrogen) atoms. The minimum atomic E-state index is -0.805. The maximum atomic E-state index is 12.4. The molecule has 2 aromatic rings. The smallest absolute Gasteiger partial charge is 0.335 e. The van der Waals surface area contributed by atoms with E-state index in [0.29, 0.717) is 24.5 Å². The van der Waals surface area contributed by atoms with Gasteiger partial charge < -0.3 is 9.47 Å². The van der Waals surface area contributed by atoms with E-state index in [0.717, 1.165) is 26.5 Å². The maximum absolute atomic E-state index is 12.4. The molecule has 0 aromatic heterocycles. The molecule has 0 bridgehead atoms. The number of nitrogens with zero attached hydrogens (tertiary/aromatic N) is 3. The number of likely N-dealkylation sites (N-methyl/N-ethyl adjacent to an activating group) is 1. The quantitative estimate of drug-likeness (QED) is 0.555. The van der Waals surface area contributed by atoms with Gasteiger partial charge in [-0.3, -0.25) is 19.4 Å². The van der Waals surface area contributed by atoms with Crippen LogP contribution in [0.15, 0.2) is 42.5 Å². The van der Waals surface area contributed by atoms with Gasteiger partial charge >= 0.3 is 17.8 Å². The summed E-state index contributed by atoms with van der Waals surface area (Å²) in [6.07, 6.45) is 0.707. The summed E-state index contributed by atoms with van der Waals surface area (Å²) in [4.78, 5) is 40.6. The van der Waals surface area contributed by atoms with Crippen LogP contribution in [0.4, 0.5) is 4.79 Å². The Labute approximate surface area is 174 Å². The van der Waals surface area contributed by atoms with Crippen LogP contribution in [-0.2, 0) is 16.0 Å². The van der Waals surface area contributed by atoms with Gasteiger partial charge in [0.1, 0.15) is 0 Å². The molecule has 0 N–H and O–H groups in total. The van der Waals surface area contributed by atoms with Gasteiger partial charge in [0.05, 0.1) is 26.9 Å². The topological polar surface area (TPSA) is 79.4 Å². The Morgan fingerprint density at radius 2 is 1.63 bits per heavy atom. The van der Waals surface area contributed by atoms with Gasteiger partial charge in [0, 0.05) is 13.6 Å². The highest BCUT2D eigenvalue weighted by molar-refractivity contribution is 6.44. The predicted octanol–water partition coefficient (Wildman–Crippen LogP) is 2.03. The van der Waals surface area contributed by atoms with Crippen LogP contribution >= 0.6 is 0 Å². The van der Waals surface area contributed by atoms with Crippen LogP contribution in [0, 0.1) is 0 Å². The number of rotatable bonds is 5. The van der Waals surface area contributed by atoms with E-state index in [1.807, 2.05) is 47.4 Å². The number of methoxy groups -OCH3 is 2. The average Bonchev–Trinajstić information content (AvgIpc) is 2.96. The standard InChI is InChI=1S/C22H23N3O5/c1-23-20(26)21(27)25(22(23)28)13-24-10-9-15-11-17(29-2)18(30-3)12-16(15)19(24)14-7-5-4-6-8-14/h4-8,11-12,19H,9-10,13H2,1-3H3/t19-/m1/s1. The first-order valence-electron chi connectivity index (χ1n) is 9.63. The molecule has 0 radical (unpaired) electrons. The van der Waals surface area contributed by atoms with Gasteiger partial charge in [-0.05, 0) is 35.2 Å². The van der Waals surface area contributed by atoms with E-state index in [1.54, 1.807) is 14.2 Å². The number of ether oxygens (including phenoxy) is 2. The van der Waals surface area contributed by atoms with Crippen molar-refractivity contribution in [2.45, 2.75) is 12.5 Å². The van der Waals surface area contributed by atoms with E-state index in [1.165, 1.54) is 7.05 Å². The third kappa shape index (κ3) is 3.19. The van der Waals surface area contributed by atoms with Crippen molar-refractivity contribution in [1.29, 1.82) is 0 Å². The van der Waals surface area contributed by atoms with E-state index >= 15 is 0 Å². The summed E-state index contributed by atoms with van der Waals surface area (Å²) in [5.41, 5.74) is 3.15. The van der Waals surface area contributed by atoms with Crippen molar-refractivity contribution in [2.24, 2.45) is 0 Å². The molecule has 1 saturated heterocycles. The Morgan fingerprint density at radius 3 is 2.23 bits per heavy atom. The molecular formula is C22H23N3O5. The number of carbonyl (C=O) groups excluding carboxylic acids is 3. The molecule has 8 nitrogen and oxygen atoms in total. The molecule has 2 aliphatic rings. The fourth-order valence-corrected chi connectivity index (χ4v) is 4.10. The maximum Gasteiger partial charge on any atom is 0.335 e. The van der Waals surface area contributed by atoms with Gasteiger partial charge in [-0.15, -0.1) is 0 Å². The van der Waals surface area contributed by atoms with Crippen LogP contribution in [-0.4, -0.2) is 67.0 Å². The lowest BCUT2D eigenvalue weighted by Gasteiger charge is -2.39. The molecule has 4 amide bonds. The monoisotopic (exact) mass is 409 g/mol. The van der Waals surface area contributed by atoms with E-state index in [9.17, 15) is 14.4 Å². The predicted molar refractivity (Wildman–Crippen MR) is 108 cm³/mol. The van der Waals surface area contributed by atoms with Crippen molar-refractivity contribution >= 4 is 17.8 Å². The van der Waals surface area contributed by atoms with Crippen LogP contribution in [0.2, 0.25) is 0 Å². The fourth-order valence-electron chi connectivity index (χ4n) is 4.10. The van der Waals surface area contributed by atoms with Crippen molar-refractivity contribution in [3.63, 3.8) is 0 Å². The second kappa shape index (κ2) is 7.79. The average molecular weight is 409 g/mol. The molecule has 4 rings (SSSR count). The zero-order chi connectivity index (χ0) is 21.4. The number of imide groups is 2. The summed E-state index contributed by atoms with van der Waals surface area (Å²) >= 11 is 0. The number of hydrogen-bond donors (Lipinski definition) is 0. The second-order valence-electron chi connectivity index (χ2n) is 7.30. The molecule has 8 heteroatoms. The van der Waals surface area contributed by atoms with Crippen molar-refractivity contribution in [2.75, 3.05) is 34.5 Å². The number of carbonyl (C=O) groups is 3. The van der Waals surface area contributed by atoms with E-state index in [4.69, 9.17) is 9.47 Å². The molecule has 0 saturated carbocycles. The van der Waals surface area contributed by atoms with Crippen molar-refractivity contribution in [1.82, 2.24) is 14.7 Å². The number of amides is 4. The molecule has 0 unspecified atom stereocenters. The van der Waals surface area contributed by atoms with Crippen LogP contribution in [0.25, 0.3) is 0 Å². The second-order valence-corrected chi connectivity index (χ2v) is 7.30. The van der Waals surface area contributed by atoms with Gasteiger partial charge in [-0.25, -0.2) is 9.69 Å². The fraction of sp³-hybridized carbons (Fsp3) is 0.318. The Bertz CT molecular complexity index is 1010. The van der Waals surface area contributed by atoms with Crippen molar-refractivity contribution in [3.05, 3.63) is 59.2 Å². The van der Waals surface area contributed by atoms with Gasteiger partial charge in [0.25, 0.3) is 0 Å². The SMILES string of the molecule is COc1cc2c(cc1OC)[C@@H](c1ccccc1)N(CN1C(=O)C(=O)N(C)C1=O)CC2. The van der Waals surface area contributed by atoms with Gasteiger partial charge in [-0.2, -0.15) is 0 Å². The van der Waals surface area contributed by atoms with Crippen LogP contribution in [0.5, 0.6) is 11.5 Å². The summed E-state index contributed by atoms with van der Waals surface area (Å²) in [5, 5.41) is 0. The Balaban J connectivity index is 1.76. The Hall–Kier alpha value is -3.39. The molecule has 1 fully saturated rings. The summed E-state index contributed by atoms with van der Waals surface area (Å²) in [6.45, 7) is 0.637. The van der Waals surface area contributed by atoms with E-state index < -0.39 is 17.8 Å². The first-order chi connectivity index (χ1) is 14.5. The highest BCUT2D eigenvalue weighted by atomic mass is 16.5. The minimum absolute atomic E-state index is 0.0289. The first kappa shape index (κ1) is 19.9. The first-order valence-corrected chi connectivity index (χ1v) is 9.63. The number of urea groups is 1. The van der Waals surface area contributed by atoms with Crippen molar-refractivity contribution < 1.29 is 23.9 Å². The number of benzene rings is 2. The lowest BCUT2D eigenvalue weighted by atomic mass is 9.88. The molecular weight excluding hydrogens is 386 g/mol. The van der Waals surface area contributed by atoms with Crippen LogP contribution in [0.1, 0.15) is 22.7 Å². The largest absolute Gasteiger partial charge is 0.493 e. The Kier molecular flexibility index (Phi) is 5.17. The van der Waals surface area contributed by atoms with Gasteiger partial charge in [0.2, 0.25) is 0 Å². The lowest BCUT2D eigenvalue weighted by molar-refractivity contribution is -0.143. The zero-order valence-corrected chi connectivity index (χ0v) is 17.1. The normalized spacial score (nSPS) is 19.3. The van der Waals surface area contributed by atoms with Crippen LogP contribution < -0.4 is 9.47 Å². The van der Waals surface area contributed by atoms with E-state index in [-0.39, 0.29) is 12.7 Å². The highest BCUT2D eigenvalue weighted by Gasteiger charge is 2.44. The molecule has 156 valence electrons. The molecule has 2 heterocycles. The third-order valence-electron chi connectivity index (χ3n) is 5.66. The van der Waals surface area contributed by atoms with Crippen LogP contribution in [0.3, 0.4) is 0 Å². The molecule has 1 atom stereocenters. The summed E-state index contributed by atoms with van der Waals surface area (Å²) < 4.78 is 11.0. The molecule has 2 aliphatic heterocycles. The molecule has 0 spiro atoms. The summed E-state index contributed by atoms with van der Waals surface area (Å²) in [5.74, 6) is -0.330. The van der Waals surface area contributed by atoms with Gasteiger partial charge in [-0.1, -0.05) is 30.3 Å². The zero-order valence-electron chi connectivity index (χ0n) is 17.1. The molecule has 2 aromatic carbocycles. The highest BCUT2D eigenvalue weighted by Crippen LogP contribution is 2.41.